The van der Waals surface area contributed by atoms with Crippen LogP contribution < -0.4 is 10.1 Å². The first kappa shape index (κ1) is 26.8. The van der Waals surface area contributed by atoms with Gasteiger partial charge in [0.05, 0.1) is 5.02 Å². The van der Waals surface area contributed by atoms with Crippen LogP contribution in [0.3, 0.4) is 0 Å². The second kappa shape index (κ2) is 13.3. The molecule has 0 fully saturated rings. The first-order chi connectivity index (χ1) is 15.3. The molecule has 0 aromatic heterocycles. The molecule has 0 saturated carbocycles. The summed E-state index contributed by atoms with van der Waals surface area (Å²) in [5.41, 5.74) is 0.686. The van der Waals surface area contributed by atoms with Gasteiger partial charge in [-0.1, -0.05) is 77.1 Å². The fraction of sp³-hybridized carbons (Fsp3) is 0.391. The minimum Gasteiger partial charge on any atom is -0.482 e. The van der Waals surface area contributed by atoms with Crippen LogP contribution in [0.2, 0.25) is 15.1 Å². The van der Waals surface area contributed by atoms with E-state index in [-0.39, 0.29) is 25.0 Å². The van der Waals surface area contributed by atoms with Gasteiger partial charge in [-0.3, -0.25) is 9.59 Å². The van der Waals surface area contributed by atoms with Gasteiger partial charge in [-0.15, -0.1) is 0 Å². The number of nitrogens with zero attached hydrogens (tertiary/aromatic N) is 1. The lowest BCUT2D eigenvalue weighted by molar-refractivity contribution is -0.143. The number of ether oxygens (including phenoxy) is 1. The lowest BCUT2D eigenvalue weighted by Crippen LogP contribution is -2.50. The monoisotopic (exact) mass is 562 g/mol. The van der Waals surface area contributed by atoms with Gasteiger partial charge in [0.25, 0.3) is 5.91 Å². The maximum Gasteiger partial charge on any atom is 0.261 e. The van der Waals surface area contributed by atoms with Crippen molar-refractivity contribution in [3.8, 4) is 5.75 Å². The summed E-state index contributed by atoms with van der Waals surface area (Å²) in [6.07, 6.45) is 2.26. The van der Waals surface area contributed by atoms with Gasteiger partial charge < -0.3 is 15.0 Å². The molecule has 9 heteroatoms. The summed E-state index contributed by atoms with van der Waals surface area (Å²) in [7, 11) is 0. The van der Waals surface area contributed by atoms with Gasteiger partial charge in [0.2, 0.25) is 5.91 Å². The molecular weight excluding hydrogens is 539 g/mol. The second-order valence-electron chi connectivity index (χ2n) is 7.19. The Morgan fingerprint density at radius 1 is 1.09 bits per heavy atom. The van der Waals surface area contributed by atoms with Crippen molar-refractivity contribution >= 4 is 62.5 Å². The fourth-order valence-corrected chi connectivity index (χ4v) is 4.27. The number of unbranched alkanes of at least 4 members (excludes halogenated alkanes) is 1. The number of rotatable bonds is 11. The predicted molar refractivity (Wildman–Crippen MR) is 134 cm³/mol. The summed E-state index contributed by atoms with van der Waals surface area (Å²) in [6.45, 7) is 4.34. The van der Waals surface area contributed by atoms with Crippen molar-refractivity contribution in [1.82, 2.24) is 10.2 Å². The van der Waals surface area contributed by atoms with E-state index in [0.717, 1.165) is 17.3 Å². The Hall–Kier alpha value is -1.47. The molecule has 0 aliphatic rings. The Morgan fingerprint density at radius 3 is 2.47 bits per heavy atom. The van der Waals surface area contributed by atoms with Crippen LogP contribution in [0.5, 0.6) is 5.75 Å². The SMILES string of the molecule is CCCCNC(=O)C(CC)N(Cc1ccc(Cl)cc1Cl)C(=O)COc1ccc(Br)cc1Cl. The Balaban J connectivity index is 2.24. The summed E-state index contributed by atoms with van der Waals surface area (Å²) < 4.78 is 6.47. The molecule has 1 atom stereocenters. The highest BCUT2D eigenvalue weighted by Gasteiger charge is 2.29. The number of carbonyl (C=O) groups is 2. The number of halogens is 4. The van der Waals surface area contributed by atoms with Crippen LogP contribution in [0, 0.1) is 0 Å². The molecule has 0 radical (unpaired) electrons. The second-order valence-corrected chi connectivity index (χ2v) is 9.36. The molecule has 2 aromatic carbocycles. The van der Waals surface area contributed by atoms with Gasteiger partial charge in [-0.05, 0) is 48.7 Å². The third-order valence-corrected chi connectivity index (χ3v) is 6.19. The number of benzene rings is 2. The molecule has 2 rings (SSSR count). The summed E-state index contributed by atoms with van der Waals surface area (Å²) in [6, 6.07) is 9.52. The van der Waals surface area contributed by atoms with Crippen LogP contribution in [0.25, 0.3) is 0 Å². The van der Waals surface area contributed by atoms with Gasteiger partial charge >= 0.3 is 0 Å². The van der Waals surface area contributed by atoms with E-state index in [4.69, 9.17) is 39.5 Å². The van der Waals surface area contributed by atoms with E-state index in [9.17, 15) is 9.59 Å². The van der Waals surface area contributed by atoms with E-state index in [2.05, 4.69) is 21.2 Å². The number of carbonyl (C=O) groups excluding carboxylic acids is 2. The van der Waals surface area contributed by atoms with E-state index in [1.807, 2.05) is 13.8 Å². The zero-order chi connectivity index (χ0) is 23.7. The molecule has 0 heterocycles. The summed E-state index contributed by atoms with van der Waals surface area (Å²) in [4.78, 5) is 27.6. The van der Waals surface area contributed by atoms with Crippen molar-refractivity contribution in [2.24, 2.45) is 0 Å². The van der Waals surface area contributed by atoms with Gasteiger partial charge in [0.1, 0.15) is 11.8 Å². The summed E-state index contributed by atoms with van der Waals surface area (Å²) in [5.74, 6) is -0.179. The molecule has 1 N–H and O–H groups in total. The van der Waals surface area contributed by atoms with Crippen LogP contribution in [0.15, 0.2) is 40.9 Å². The van der Waals surface area contributed by atoms with Crippen LogP contribution >= 0.6 is 50.7 Å². The Bertz CT molecular complexity index is 943. The van der Waals surface area contributed by atoms with Crippen molar-refractivity contribution in [3.63, 3.8) is 0 Å². The van der Waals surface area contributed by atoms with E-state index in [1.165, 1.54) is 4.90 Å². The zero-order valence-electron chi connectivity index (χ0n) is 18.0. The molecule has 174 valence electrons. The molecule has 1 unspecified atom stereocenters. The van der Waals surface area contributed by atoms with E-state index >= 15 is 0 Å². The average molecular weight is 565 g/mol. The van der Waals surface area contributed by atoms with Crippen molar-refractivity contribution in [3.05, 3.63) is 61.5 Å². The number of nitrogens with one attached hydrogen (secondary N) is 1. The van der Waals surface area contributed by atoms with Crippen molar-refractivity contribution < 1.29 is 14.3 Å². The molecule has 0 bridgehead atoms. The minimum atomic E-state index is -0.671. The third kappa shape index (κ3) is 7.84. The zero-order valence-corrected chi connectivity index (χ0v) is 21.8. The molecule has 0 aliphatic carbocycles. The normalized spacial score (nSPS) is 11.7. The van der Waals surface area contributed by atoms with Crippen LogP contribution in [0.4, 0.5) is 0 Å². The molecule has 5 nitrogen and oxygen atoms in total. The molecule has 0 saturated heterocycles. The van der Waals surface area contributed by atoms with Crippen LogP contribution in [-0.4, -0.2) is 35.9 Å². The average Bonchev–Trinajstić information content (AvgIpc) is 2.74. The van der Waals surface area contributed by atoms with Crippen molar-refractivity contribution in [2.75, 3.05) is 13.2 Å². The molecule has 0 aliphatic heterocycles. The molecular formula is C23H26BrCl3N2O3. The number of amides is 2. The summed E-state index contributed by atoms with van der Waals surface area (Å²) >= 11 is 21.9. The maximum absolute atomic E-state index is 13.2. The highest BCUT2D eigenvalue weighted by atomic mass is 79.9. The highest BCUT2D eigenvalue weighted by Crippen LogP contribution is 2.28. The molecule has 2 amide bonds. The predicted octanol–water partition coefficient (Wildman–Crippen LogP) is 6.51. The van der Waals surface area contributed by atoms with Crippen LogP contribution in [0.1, 0.15) is 38.7 Å². The molecule has 32 heavy (non-hydrogen) atoms. The largest absolute Gasteiger partial charge is 0.482 e. The Labute approximate surface area is 212 Å². The first-order valence-corrected chi connectivity index (χ1v) is 12.3. The number of hydrogen-bond acceptors (Lipinski definition) is 3. The first-order valence-electron chi connectivity index (χ1n) is 10.4. The highest BCUT2D eigenvalue weighted by molar-refractivity contribution is 9.10. The topological polar surface area (TPSA) is 58.6 Å². The lowest BCUT2D eigenvalue weighted by atomic mass is 10.1. The maximum atomic E-state index is 13.2. The minimum absolute atomic E-state index is 0.145. The Kier molecular flexibility index (Phi) is 11.1. The van der Waals surface area contributed by atoms with Gasteiger partial charge in [-0.2, -0.15) is 0 Å². The van der Waals surface area contributed by atoms with Gasteiger partial charge in [-0.25, -0.2) is 0 Å². The standard InChI is InChI=1S/C23H26BrCl3N2O3/c1-3-5-10-28-23(31)20(4-2)29(13-15-6-8-17(25)12-18(15)26)22(30)14-32-21-9-7-16(24)11-19(21)27/h6-9,11-12,20H,3-5,10,13-14H2,1-2H3,(H,28,31). The Morgan fingerprint density at radius 2 is 1.84 bits per heavy atom. The molecule has 2 aromatic rings. The molecule has 0 spiro atoms. The number of hydrogen-bond donors (Lipinski definition) is 1. The third-order valence-electron chi connectivity index (χ3n) is 4.82. The van der Waals surface area contributed by atoms with E-state index in [1.54, 1.807) is 36.4 Å². The summed E-state index contributed by atoms with van der Waals surface area (Å²) in [5, 5.41) is 4.21. The van der Waals surface area contributed by atoms with Gasteiger partial charge in [0.15, 0.2) is 6.61 Å². The van der Waals surface area contributed by atoms with E-state index in [0.29, 0.717) is 39.3 Å². The van der Waals surface area contributed by atoms with Crippen LogP contribution in [-0.2, 0) is 16.1 Å². The fourth-order valence-electron chi connectivity index (χ4n) is 3.07. The van der Waals surface area contributed by atoms with Gasteiger partial charge in [0, 0.05) is 27.6 Å². The quantitative estimate of drug-likeness (QED) is 0.317. The van der Waals surface area contributed by atoms with E-state index < -0.39 is 6.04 Å². The van der Waals surface area contributed by atoms with Crippen molar-refractivity contribution in [1.29, 1.82) is 0 Å². The lowest BCUT2D eigenvalue weighted by Gasteiger charge is -2.31. The smallest absolute Gasteiger partial charge is 0.261 e. The van der Waals surface area contributed by atoms with Crippen molar-refractivity contribution in [2.45, 2.75) is 45.7 Å².